The average Bonchev–Trinajstić information content (AvgIpc) is 3.50. The van der Waals surface area contributed by atoms with Crippen molar-refractivity contribution < 1.29 is 19.4 Å². The Hall–Kier alpha value is -4.26. The highest BCUT2D eigenvalue weighted by Gasteiger charge is 2.19. The molecule has 48 heavy (non-hydrogen) atoms. The number of aliphatic carboxylic acids is 1. The molecule has 4 aromatic carbocycles. The fourth-order valence-corrected chi connectivity index (χ4v) is 6.34. The predicted molar refractivity (Wildman–Crippen MR) is 196 cm³/mol. The van der Waals surface area contributed by atoms with Crippen LogP contribution in [0.15, 0.2) is 97.2 Å². The first kappa shape index (κ1) is 35.1. The van der Waals surface area contributed by atoms with Gasteiger partial charge >= 0.3 is 5.97 Å². The van der Waals surface area contributed by atoms with Gasteiger partial charge in [-0.05, 0) is 90.7 Å². The molecule has 1 heterocycles. The molecule has 1 amide bonds. The Morgan fingerprint density at radius 3 is 2.02 bits per heavy atom. The highest BCUT2D eigenvalue weighted by molar-refractivity contribution is 6.31. The molecular weight excluding hydrogens is 643 g/mol. The minimum atomic E-state index is -0.831. The highest BCUT2D eigenvalue weighted by atomic mass is 35.5. The number of benzene rings is 4. The zero-order valence-corrected chi connectivity index (χ0v) is 28.6. The average molecular weight is 686 g/mol. The van der Waals surface area contributed by atoms with E-state index < -0.39 is 5.97 Å². The van der Waals surface area contributed by atoms with E-state index in [1.807, 2.05) is 48.5 Å². The Morgan fingerprint density at radius 1 is 0.708 bits per heavy atom. The van der Waals surface area contributed by atoms with Crippen LogP contribution in [-0.4, -0.2) is 34.7 Å². The smallest absolute Gasteiger partial charge is 0.303 e. The summed E-state index contributed by atoms with van der Waals surface area (Å²) in [5.74, 6) is -0.396. The van der Waals surface area contributed by atoms with Crippen LogP contribution in [-0.2, 0) is 11.3 Å². The van der Waals surface area contributed by atoms with Crippen molar-refractivity contribution in [1.29, 1.82) is 0 Å². The van der Waals surface area contributed by atoms with Gasteiger partial charge in [0, 0.05) is 58.0 Å². The van der Waals surface area contributed by atoms with Crippen LogP contribution in [0, 0.1) is 0 Å². The number of carbonyl (C=O) groups excluding carboxylic acids is 1. The monoisotopic (exact) mass is 684 g/mol. The van der Waals surface area contributed by atoms with Crippen LogP contribution in [0.5, 0.6) is 5.75 Å². The summed E-state index contributed by atoms with van der Waals surface area (Å²) in [6.07, 6.45) is 9.95. The van der Waals surface area contributed by atoms with E-state index in [0.29, 0.717) is 47.4 Å². The summed E-state index contributed by atoms with van der Waals surface area (Å²) in [6, 6.07) is 29.2. The van der Waals surface area contributed by atoms with E-state index in [0.717, 1.165) is 54.5 Å². The Balaban J connectivity index is 1.21. The molecule has 250 valence electrons. The first-order valence-corrected chi connectivity index (χ1v) is 17.5. The molecule has 0 aliphatic carbocycles. The summed E-state index contributed by atoms with van der Waals surface area (Å²) in [4.78, 5) is 24.5. The number of aromatic nitrogens is 1. The summed E-state index contributed by atoms with van der Waals surface area (Å²) in [6.45, 7) is 1.95. The van der Waals surface area contributed by atoms with Crippen molar-refractivity contribution >= 4 is 46.0 Å². The summed E-state index contributed by atoms with van der Waals surface area (Å²) in [5, 5.41) is 14.6. The molecular formula is C40H42Cl2N2O4. The first-order valence-electron chi connectivity index (χ1n) is 16.8. The third kappa shape index (κ3) is 9.88. The van der Waals surface area contributed by atoms with Gasteiger partial charge in [-0.15, -0.1) is 0 Å². The highest BCUT2D eigenvalue weighted by Crippen LogP contribution is 2.41. The van der Waals surface area contributed by atoms with E-state index in [1.165, 1.54) is 23.7 Å². The Labute approximate surface area is 292 Å². The number of amides is 1. The molecule has 0 aliphatic heterocycles. The van der Waals surface area contributed by atoms with E-state index in [1.54, 1.807) is 12.1 Å². The van der Waals surface area contributed by atoms with Crippen LogP contribution in [0.4, 0.5) is 0 Å². The Kier molecular flexibility index (Phi) is 13.0. The number of nitrogens with one attached hydrogen (secondary N) is 1. The van der Waals surface area contributed by atoms with Gasteiger partial charge in [-0.25, -0.2) is 0 Å². The second kappa shape index (κ2) is 17.8. The lowest BCUT2D eigenvalue weighted by molar-refractivity contribution is -0.137. The number of carbonyl (C=O) groups is 2. The lowest BCUT2D eigenvalue weighted by atomic mass is 9.94. The number of hydrogen-bond donors (Lipinski definition) is 2. The number of nitrogens with zero attached hydrogens (tertiary/aromatic N) is 1. The molecule has 8 heteroatoms. The lowest BCUT2D eigenvalue weighted by Gasteiger charge is -2.19. The molecule has 0 atom stereocenters. The van der Waals surface area contributed by atoms with Gasteiger partial charge in [0.1, 0.15) is 5.75 Å². The fourth-order valence-electron chi connectivity index (χ4n) is 5.96. The van der Waals surface area contributed by atoms with Gasteiger partial charge in [0.25, 0.3) is 5.91 Å². The maximum Gasteiger partial charge on any atom is 0.303 e. The largest absolute Gasteiger partial charge is 0.492 e. The third-order valence-corrected chi connectivity index (χ3v) is 8.92. The number of ether oxygens (including phenoxy) is 1. The van der Waals surface area contributed by atoms with Gasteiger partial charge < -0.3 is 19.7 Å². The molecule has 0 bridgehead atoms. The maximum atomic E-state index is 13.5. The molecule has 5 rings (SSSR count). The van der Waals surface area contributed by atoms with Crippen LogP contribution in [0.25, 0.3) is 33.2 Å². The number of hydrogen-bond acceptors (Lipinski definition) is 3. The van der Waals surface area contributed by atoms with Crippen molar-refractivity contribution in [3.63, 3.8) is 0 Å². The third-order valence-electron chi connectivity index (χ3n) is 8.45. The van der Waals surface area contributed by atoms with E-state index in [9.17, 15) is 9.59 Å². The van der Waals surface area contributed by atoms with Crippen molar-refractivity contribution in [3.05, 3.63) is 113 Å². The quantitative estimate of drug-likeness (QED) is 0.0900. The summed E-state index contributed by atoms with van der Waals surface area (Å²) in [5.41, 5.74) is 4.88. The van der Waals surface area contributed by atoms with Gasteiger partial charge in [-0.1, -0.05) is 91.3 Å². The molecule has 1 aromatic heterocycles. The number of halogens is 2. The molecule has 0 radical (unpaired) electrons. The lowest BCUT2D eigenvalue weighted by Crippen LogP contribution is -2.24. The van der Waals surface area contributed by atoms with Crippen molar-refractivity contribution in [2.45, 2.75) is 64.3 Å². The van der Waals surface area contributed by atoms with Crippen molar-refractivity contribution in [1.82, 2.24) is 9.88 Å². The minimum Gasteiger partial charge on any atom is -0.492 e. The number of carboxylic acids is 1. The molecule has 0 aliphatic rings. The van der Waals surface area contributed by atoms with Gasteiger partial charge in [-0.2, -0.15) is 0 Å². The van der Waals surface area contributed by atoms with Crippen molar-refractivity contribution in [2.24, 2.45) is 0 Å². The number of unbranched alkanes of at least 4 members (excludes halogenated alkanes) is 6. The molecule has 0 fully saturated rings. The van der Waals surface area contributed by atoms with Crippen LogP contribution in [0.3, 0.4) is 0 Å². The number of carboxylic acid groups (broad SMARTS) is 1. The second-order valence-electron chi connectivity index (χ2n) is 12.1. The van der Waals surface area contributed by atoms with Crippen LogP contribution in [0.1, 0.15) is 68.1 Å². The molecule has 0 unspecified atom stereocenters. The standard InChI is InChI=1S/C40H42Cl2N2O4/c41-33-16-11-14-30(25-33)35-27-32(28-36(31-15-12-17-34(42)26-31)39(35)48-24-10-7-19-38(45)46)40(47)43-21-8-3-1-2-4-9-22-44-23-20-29-13-5-6-18-37(29)44/h5-6,11-18,20,23,25-28H,1-4,7-10,19,21-22,24H2,(H,43,47)(H,45,46). The maximum absolute atomic E-state index is 13.5. The predicted octanol–water partition coefficient (Wildman–Crippen LogP) is 10.7. The SMILES string of the molecule is O=C(O)CCCCOc1c(-c2cccc(Cl)c2)cc(C(=O)NCCCCCCCCn2ccc3ccccc32)cc1-c1cccc(Cl)c1. The minimum absolute atomic E-state index is 0.0801. The summed E-state index contributed by atoms with van der Waals surface area (Å²) < 4.78 is 8.69. The van der Waals surface area contributed by atoms with Crippen LogP contribution in [0.2, 0.25) is 10.0 Å². The Morgan fingerprint density at radius 2 is 1.35 bits per heavy atom. The number of para-hydroxylation sites is 1. The molecule has 6 nitrogen and oxygen atoms in total. The van der Waals surface area contributed by atoms with Gasteiger partial charge in [0.15, 0.2) is 0 Å². The zero-order valence-electron chi connectivity index (χ0n) is 27.1. The van der Waals surface area contributed by atoms with E-state index in [-0.39, 0.29) is 12.3 Å². The molecule has 5 aromatic rings. The molecule has 0 saturated heterocycles. The first-order chi connectivity index (χ1) is 23.4. The topological polar surface area (TPSA) is 80.6 Å². The zero-order chi connectivity index (χ0) is 33.7. The Bertz CT molecular complexity index is 1770. The molecule has 2 N–H and O–H groups in total. The van der Waals surface area contributed by atoms with Crippen LogP contribution < -0.4 is 10.1 Å². The van der Waals surface area contributed by atoms with Gasteiger partial charge in [0.05, 0.1) is 6.61 Å². The molecule has 0 saturated carbocycles. The van der Waals surface area contributed by atoms with Crippen molar-refractivity contribution in [3.8, 4) is 28.0 Å². The van der Waals surface area contributed by atoms with Gasteiger partial charge in [-0.3, -0.25) is 9.59 Å². The second-order valence-corrected chi connectivity index (χ2v) is 12.9. The van der Waals surface area contributed by atoms with E-state index >= 15 is 0 Å². The van der Waals surface area contributed by atoms with Crippen molar-refractivity contribution in [2.75, 3.05) is 13.2 Å². The number of fused-ring (bicyclic) bond motifs is 1. The molecule has 0 spiro atoms. The van der Waals surface area contributed by atoms with E-state index in [4.69, 9.17) is 33.0 Å². The fraction of sp³-hybridized carbons (Fsp3) is 0.300. The number of rotatable bonds is 18. The summed E-state index contributed by atoms with van der Waals surface area (Å²) in [7, 11) is 0. The normalized spacial score (nSPS) is 11.1. The van der Waals surface area contributed by atoms with Gasteiger partial charge in [0.2, 0.25) is 0 Å². The number of aryl methyl sites for hydroxylation is 1. The summed E-state index contributed by atoms with van der Waals surface area (Å²) >= 11 is 12.8. The van der Waals surface area contributed by atoms with E-state index in [2.05, 4.69) is 46.4 Å². The van der Waals surface area contributed by atoms with Crippen LogP contribution >= 0.6 is 23.2 Å².